The van der Waals surface area contributed by atoms with Gasteiger partial charge in [-0.25, -0.2) is 0 Å². The second kappa shape index (κ2) is 6.30. The smallest absolute Gasteiger partial charge is 0.237 e. The molecule has 0 saturated carbocycles. The van der Waals surface area contributed by atoms with Gasteiger partial charge in [-0.3, -0.25) is 4.79 Å². The van der Waals surface area contributed by atoms with Crippen LogP contribution < -0.4 is 16.0 Å². The minimum atomic E-state index is 0. The standard InChI is InChI=1S/C10H19N3O.ClH/c14-10(9-4-2-6-12-9)13-8-3-1-5-11-7-8;/h8-9,11-12H,1-7H2,(H,13,14);1H/t8-,9+;/m1./s1. The molecule has 15 heavy (non-hydrogen) atoms. The highest BCUT2D eigenvalue weighted by atomic mass is 35.5. The Balaban J connectivity index is 0.00000112. The minimum absolute atomic E-state index is 0. The second-order valence-electron chi connectivity index (χ2n) is 4.20. The number of hydrogen-bond acceptors (Lipinski definition) is 3. The first-order chi connectivity index (χ1) is 6.86. The van der Waals surface area contributed by atoms with Gasteiger partial charge in [-0.05, 0) is 38.8 Å². The Bertz CT molecular complexity index is 201. The quantitative estimate of drug-likeness (QED) is 0.631. The third-order valence-corrected chi connectivity index (χ3v) is 3.02. The van der Waals surface area contributed by atoms with Gasteiger partial charge >= 0.3 is 0 Å². The lowest BCUT2D eigenvalue weighted by molar-refractivity contribution is -0.123. The monoisotopic (exact) mass is 233 g/mol. The van der Waals surface area contributed by atoms with Crippen molar-refractivity contribution in [3.8, 4) is 0 Å². The largest absolute Gasteiger partial charge is 0.351 e. The Hall–Kier alpha value is -0.320. The molecule has 0 radical (unpaired) electrons. The zero-order chi connectivity index (χ0) is 9.80. The lowest BCUT2D eigenvalue weighted by atomic mass is 10.1. The molecule has 2 atom stereocenters. The predicted molar refractivity (Wildman–Crippen MR) is 62.3 cm³/mol. The van der Waals surface area contributed by atoms with E-state index in [-0.39, 0.29) is 24.4 Å². The van der Waals surface area contributed by atoms with Crippen LogP contribution in [-0.2, 0) is 4.79 Å². The summed E-state index contributed by atoms with van der Waals surface area (Å²) < 4.78 is 0. The van der Waals surface area contributed by atoms with E-state index in [9.17, 15) is 4.79 Å². The number of hydrogen-bond donors (Lipinski definition) is 3. The molecule has 0 aliphatic carbocycles. The van der Waals surface area contributed by atoms with E-state index in [2.05, 4.69) is 16.0 Å². The van der Waals surface area contributed by atoms with Gasteiger partial charge < -0.3 is 16.0 Å². The zero-order valence-electron chi connectivity index (χ0n) is 8.92. The van der Waals surface area contributed by atoms with Crippen LogP contribution in [0.2, 0.25) is 0 Å². The highest BCUT2D eigenvalue weighted by Gasteiger charge is 2.24. The number of rotatable bonds is 2. The van der Waals surface area contributed by atoms with Crippen LogP contribution in [0.1, 0.15) is 25.7 Å². The van der Waals surface area contributed by atoms with Crippen LogP contribution in [0.5, 0.6) is 0 Å². The molecule has 0 bridgehead atoms. The van der Waals surface area contributed by atoms with Gasteiger partial charge in [0.2, 0.25) is 5.91 Å². The summed E-state index contributed by atoms with van der Waals surface area (Å²) in [7, 11) is 0. The molecule has 0 aromatic rings. The van der Waals surface area contributed by atoms with Gasteiger partial charge in [0.25, 0.3) is 0 Å². The Morgan fingerprint density at radius 2 is 2.00 bits per heavy atom. The van der Waals surface area contributed by atoms with E-state index in [0.29, 0.717) is 6.04 Å². The molecule has 2 aliphatic heterocycles. The van der Waals surface area contributed by atoms with Crippen molar-refractivity contribution in [1.82, 2.24) is 16.0 Å². The van der Waals surface area contributed by atoms with Crippen molar-refractivity contribution in [3.05, 3.63) is 0 Å². The van der Waals surface area contributed by atoms with Crippen LogP contribution in [0.4, 0.5) is 0 Å². The Labute approximate surface area is 97.0 Å². The molecule has 3 N–H and O–H groups in total. The first-order valence-electron chi connectivity index (χ1n) is 5.61. The normalized spacial score (nSPS) is 30.7. The van der Waals surface area contributed by atoms with Gasteiger partial charge in [-0.2, -0.15) is 0 Å². The highest BCUT2D eigenvalue weighted by Crippen LogP contribution is 2.07. The van der Waals surface area contributed by atoms with Crippen LogP contribution in [-0.4, -0.2) is 37.6 Å². The summed E-state index contributed by atoms with van der Waals surface area (Å²) in [5.74, 6) is 0.191. The van der Waals surface area contributed by atoms with Gasteiger partial charge in [-0.1, -0.05) is 0 Å². The van der Waals surface area contributed by atoms with Crippen molar-refractivity contribution in [2.75, 3.05) is 19.6 Å². The van der Waals surface area contributed by atoms with Gasteiger partial charge in [0.15, 0.2) is 0 Å². The average molecular weight is 234 g/mol. The average Bonchev–Trinajstić information content (AvgIpc) is 2.72. The van der Waals surface area contributed by atoms with Gasteiger partial charge in [0.1, 0.15) is 0 Å². The molecule has 2 heterocycles. The molecular weight excluding hydrogens is 214 g/mol. The van der Waals surface area contributed by atoms with Crippen molar-refractivity contribution in [2.45, 2.75) is 37.8 Å². The molecule has 0 unspecified atom stereocenters. The molecule has 5 heteroatoms. The van der Waals surface area contributed by atoms with Gasteiger partial charge in [0, 0.05) is 12.6 Å². The molecular formula is C10H20ClN3O. The fourth-order valence-electron chi connectivity index (χ4n) is 2.19. The van der Waals surface area contributed by atoms with Crippen LogP contribution in [0.3, 0.4) is 0 Å². The SMILES string of the molecule is Cl.O=C(N[C@@H]1CCCNC1)[C@@H]1CCCN1. The summed E-state index contributed by atoms with van der Waals surface area (Å²) in [6.45, 7) is 3.01. The molecule has 0 spiro atoms. The first kappa shape index (κ1) is 12.7. The lowest BCUT2D eigenvalue weighted by Crippen LogP contribution is -2.50. The van der Waals surface area contributed by atoms with E-state index in [1.54, 1.807) is 0 Å². The van der Waals surface area contributed by atoms with E-state index < -0.39 is 0 Å². The number of carbonyl (C=O) groups is 1. The van der Waals surface area contributed by atoms with Crippen LogP contribution in [0.15, 0.2) is 0 Å². The van der Waals surface area contributed by atoms with Crippen molar-refractivity contribution in [1.29, 1.82) is 0 Å². The fourth-order valence-corrected chi connectivity index (χ4v) is 2.19. The number of nitrogens with one attached hydrogen (secondary N) is 3. The Kier molecular flexibility index (Phi) is 5.36. The summed E-state index contributed by atoms with van der Waals surface area (Å²) in [5.41, 5.74) is 0. The van der Waals surface area contributed by atoms with Gasteiger partial charge in [0.05, 0.1) is 6.04 Å². The number of carbonyl (C=O) groups excluding carboxylic acids is 1. The van der Waals surface area contributed by atoms with Crippen molar-refractivity contribution < 1.29 is 4.79 Å². The lowest BCUT2D eigenvalue weighted by Gasteiger charge is -2.25. The summed E-state index contributed by atoms with van der Waals surface area (Å²) >= 11 is 0. The maximum Gasteiger partial charge on any atom is 0.237 e. The molecule has 88 valence electrons. The third-order valence-electron chi connectivity index (χ3n) is 3.02. The van der Waals surface area contributed by atoms with E-state index in [0.717, 1.165) is 38.9 Å². The summed E-state index contributed by atoms with van der Waals surface area (Å²) in [5, 5.41) is 9.61. The van der Waals surface area contributed by atoms with E-state index in [1.807, 2.05) is 0 Å². The summed E-state index contributed by atoms with van der Waals surface area (Å²) in [6.07, 6.45) is 4.40. The van der Waals surface area contributed by atoms with E-state index in [1.165, 1.54) is 6.42 Å². The number of piperidine rings is 1. The molecule has 0 aromatic carbocycles. The second-order valence-corrected chi connectivity index (χ2v) is 4.20. The Morgan fingerprint density at radius 1 is 1.20 bits per heavy atom. The number of halogens is 1. The third kappa shape index (κ3) is 3.63. The van der Waals surface area contributed by atoms with E-state index in [4.69, 9.17) is 0 Å². The fraction of sp³-hybridized carbons (Fsp3) is 0.900. The van der Waals surface area contributed by atoms with Gasteiger partial charge in [-0.15, -0.1) is 12.4 Å². The maximum absolute atomic E-state index is 11.7. The van der Waals surface area contributed by atoms with Crippen molar-refractivity contribution in [2.24, 2.45) is 0 Å². The molecule has 2 fully saturated rings. The maximum atomic E-state index is 11.7. The predicted octanol–water partition coefficient (Wildman–Crippen LogP) is 0.0284. The number of amides is 1. The van der Waals surface area contributed by atoms with Crippen LogP contribution in [0.25, 0.3) is 0 Å². The summed E-state index contributed by atoms with van der Waals surface area (Å²) in [4.78, 5) is 11.7. The minimum Gasteiger partial charge on any atom is -0.351 e. The topological polar surface area (TPSA) is 53.2 Å². The molecule has 2 saturated heterocycles. The highest BCUT2D eigenvalue weighted by molar-refractivity contribution is 5.85. The molecule has 1 amide bonds. The first-order valence-corrected chi connectivity index (χ1v) is 5.61. The molecule has 4 nitrogen and oxygen atoms in total. The van der Waals surface area contributed by atoms with Crippen molar-refractivity contribution >= 4 is 18.3 Å². The van der Waals surface area contributed by atoms with Crippen molar-refractivity contribution in [3.63, 3.8) is 0 Å². The van der Waals surface area contributed by atoms with Crippen LogP contribution in [0, 0.1) is 0 Å². The molecule has 0 aromatic heterocycles. The Morgan fingerprint density at radius 3 is 2.60 bits per heavy atom. The molecule has 2 aliphatic rings. The van der Waals surface area contributed by atoms with E-state index >= 15 is 0 Å². The molecule has 2 rings (SSSR count). The summed E-state index contributed by atoms with van der Waals surface area (Å²) in [6, 6.07) is 0.413. The zero-order valence-corrected chi connectivity index (χ0v) is 9.74. The van der Waals surface area contributed by atoms with Crippen LogP contribution >= 0.6 is 12.4 Å².